The second-order valence-corrected chi connectivity index (χ2v) is 3.80. The fourth-order valence-electron chi connectivity index (χ4n) is 1.33. The van der Waals surface area contributed by atoms with E-state index < -0.39 is 6.10 Å². The Bertz CT molecular complexity index is 250. The Morgan fingerprint density at radius 2 is 2.08 bits per heavy atom. The first-order valence-corrected chi connectivity index (χ1v) is 4.90. The molecular formula is C11H18O2. The molecule has 1 atom stereocenters. The van der Waals surface area contributed by atoms with Gasteiger partial charge in [0.2, 0.25) is 0 Å². The average Bonchev–Trinajstić information content (AvgIpc) is 2.50. The van der Waals surface area contributed by atoms with Gasteiger partial charge in [-0.25, -0.2) is 0 Å². The molecule has 74 valence electrons. The first-order chi connectivity index (χ1) is 6.13. The molecule has 1 N–H and O–H groups in total. The van der Waals surface area contributed by atoms with Crippen LogP contribution < -0.4 is 0 Å². The Kier molecular flexibility index (Phi) is 3.55. The molecule has 0 bridgehead atoms. The van der Waals surface area contributed by atoms with Gasteiger partial charge < -0.3 is 9.52 Å². The van der Waals surface area contributed by atoms with Crippen LogP contribution in [-0.2, 0) is 6.42 Å². The van der Waals surface area contributed by atoms with Crippen molar-refractivity contribution in [1.29, 1.82) is 0 Å². The molecule has 0 fully saturated rings. The fourth-order valence-corrected chi connectivity index (χ4v) is 1.33. The molecule has 1 aromatic heterocycles. The highest BCUT2D eigenvalue weighted by molar-refractivity contribution is 5.09. The Morgan fingerprint density at radius 1 is 1.38 bits per heavy atom. The molecule has 0 saturated carbocycles. The second kappa shape index (κ2) is 4.47. The second-order valence-electron chi connectivity index (χ2n) is 3.80. The third kappa shape index (κ3) is 2.88. The standard InChI is InChI=1S/C11H18O2/c1-4-9-5-6-11(13-9)10(12)7-8(2)3/h5-6,8,10,12H,4,7H2,1-3H3. The highest BCUT2D eigenvalue weighted by Crippen LogP contribution is 2.22. The van der Waals surface area contributed by atoms with Crippen LogP contribution in [0.25, 0.3) is 0 Å². The van der Waals surface area contributed by atoms with E-state index in [1.54, 1.807) is 0 Å². The van der Waals surface area contributed by atoms with Crippen molar-refractivity contribution in [3.05, 3.63) is 23.7 Å². The molecule has 0 aliphatic carbocycles. The first-order valence-electron chi connectivity index (χ1n) is 4.90. The highest BCUT2D eigenvalue weighted by Gasteiger charge is 2.13. The predicted octanol–water partition coefficient (Wildman–Crippen LogP) is 2.92. The highest BCUT2D eigenvalue weighted by atomic mass is 16.4. The van der Waals surface area contributed by atoms with E-state index >= 15 is 0 Å². The van der Waals surface area contributed by atoms with Crippen LogP contribution in [-0.4, -0.2) is 5.11 Å². The molecule has 0 aromatic carbocycles. The molecule has 2 heteroatoms. The van der Waals surface area contributed by atoms with E-state index in [9.17, 15) is 5.11 Å². The zero-order valence-corrected chi connectivity index (χ0v) is 8.58. The summed E-state index contributed by atoms with van der Waals surface area (Å²) in [6.45, 7) is 6.22. The number of aliphatic hydroxyl groups excluding tert-OH is 1. The maximum absolute atomic E-state index is 9.71. The smallest absolute Gasteiger partial charge is 0.132 e. The molecule has 13 heavy (non-hydrogen) atoms. The number of aryl methyl sites for hydroxylation is 1. The summed E-state index contributed by atoms with van der Waals surface area (Å²) < 4.78 is 5.45. The van der Waals surface area contributed by atoms with Gasteiger partial charge in [0, 0.05) is 6.42 Å². The van der Waals surface area contributed by atoms with E-state index in [1.807, 2.05) is 19.1 Å². The summed E-state index contributed by atoms with van der Waals surface area (Å²) in [5, 5.41) is 9.71. The number of aliphatic hydroxyl groups is 1. The summed E-state index contributed by atoms with van der Waals surface area (Å²) in [6.07, 6.45) is 1.20. The van der Waals surface area contributed by atoms with Crippen LogP contribution >= 0.6 is 0 Å². The Hall–Kier alpha value is -0.760. The van der Waals surface area contributed by atoms with Gasteiger partial charge >= 0.3 is 0 Å². The summed E-state index contributed by atoms with van der Waals surface area (Å²) in [5.74, 6) is 2.13. The lowest BCUT2D eigenvalue weighted by Gasteiger charge is -2.09. The number of rotatable bonds is 4. The number of hydrogen-bond acceptors (Lipinski definition) is 2. The van der Waals surface area contributed by atoms with Gasteiger partial charge in [0.25, 0.3) is 0 Å². The summed E-state index contributed by atoms with van der Waals surface area (Å²) in [5.41, 5.74) is 0. The van der Waals surface area contributed by atoms with Gasteiger partial charge in [-0.15, -0.1) is 0 Å². The van der Waals surface area contributed by atoms with Crippen LogP contribution in [0.2, 0.25) is 0 Å². The van der Waals surface area contributed by atoms with Gasteiger partial charge in [-0.05, 0) is 24.5 Å². The molecule has 0 radical (unpaired) electrons. The average molecular weight is 182 g/mol. The third-order valence-corrected chi connectivity index (χ3v) is 2.05. The van der Waals surface area contributed by atoms with E-state index in [-0.39, 0.29) is 0 Å². The van der Waals surface area contributed by atoms with E-state index in [2.05, 4.69) is 13.8 Å². The van der Waals surface area contributed by atoms with Crippen LogP contribution in [0.15, 0.2) is 16.5 Å². The monoisotopic (exact) mass is 182 g/mol. The maximum Gasteiger partial charge on any atom is 0.132 e. The van der Waals surface area contributed by atoms with E-state index in [1.165, 1.54) is 0 Å². The van der Waals surface area contributed by atoms with Crippen LogP contribution in [0, 0.1) is 5.92 Å². The topological polar surface area (TPSA) is 33.4 Å². The fraction of sp³-hybridized carbons (Fsp3) is 0.636. The van der Waals surface area contributed by atoms with Crippen molar-refractivity contribution >= 4 is 0 Å². The molecule has 1 rings (SSSR count). The van der Waals surface area contributed by atoms with Gasteiger partial charge in [0.1, 0.15) is 17.6 Å². The van der Waals surface area contributed by atoms with Gasteiger partial charge in [-0.3, -0.25) is 0 Å². The summed E-state index contributed by atoms with van der Waals surface area (Å²) in [6, 6.07) is 3.80. The zero-order chi connectivity index (χ0) is 9.84. The Morgan fingerprint density at radius 3 is 2.54 bits per heavy atom. The molecule has 0 spiro atoms. The largest absolute Gasteiger partial charge is 0.463 e. The summed E-state index contributed by atoms with van der Waals surface area (Å²) >= 11 is 0. The van der Waals surface area contributed by atoms with Gasteiger partial charge in [0.15, 0.2) is 0 Å². The van der Waals surface area contributed by atoms with Crippen molar-refractivity contribution in [2.24, 2.45) is 5.92 Å². The minimum atomic E-state index is -0.444. The van der Waals surface area contributed by atoms with Crippen LogP contribution in [0.1, 0.15) is 44.8 Å². The SMILES string of the molecule is CCc1ccc(C(O)CC(C)C)o1. The van der Waals surface area contributed by atoms with E-state index in [4.69, 9.17) is 4.42 Å². The van der Waals surface area contributed by atoms with E-state index in [0.717, 1.165) is 18.6 Å². The van der Waals surface area contributed by atoms with Crippen LogP contribution in [0.5, 0.6) is 0 Å². The molecule has 0 saturated heterocycles. The predicted molar refractivity (Wildman–Crippen MR) is 52.5 cm³/mol. The maximum atomic E-state index is 9.71. The minimum absolute atomic E-state index is 0.444. The van der Waals surface area contributed by atoms with Crippen LogP contribution in [0.4, 0.5) is 0 Å². The summed E-state index contributed by atoms with van der Waals surface area (Å²) in [7, 11) is 0. The van der Waals surface area contributed by atoms with Gasteiger partial charge in [0.05, 0.1) is 0 Å². The molecule has 1 heterocycles. The minimum Gasteiger partial charge on any atom is -0.463 e. The van der Waals surface area contributed by atoms with Gasteiger partial charge in [-0.2, -0.15) is 0 Å². The lowest BCUT2D eigenvalue weighted by molar-refractivity contribution is 0.124. The van der Waals surface area contributed by atoms with E-state index in [0.29, 0.717) is 11.7 Å². The van der Waals surface area contributed by atoms with Crippen molar-refractivity contribution in [1.82, 2.24) is 0 Å². The third-order valence-electron chi connectivity index (χ3n) is 2.05. The molecule has 2 nitrogen and oxygen atoms in total. The Labute approximate surface area is 79.6 Å². The van der Waals surface area contributed by atoms with Crippen LogP contribution in [0.3, 0.4) is 0 Å². The molecular weight excluding hydrogens is 164 g/mol. The molecule has 0 aliphatic heterocycles. The zero-order valence-electron chi connectivity index (χ0n) is 8.58. The van der Waals surface area contributed by atoms with Crippen molar-refractivity contribution in [3.8, 4) is 0 Å². The molecule has 1 unspecified atom stereocenters. The summed E-state index contributed by atoms with van der Waals surface area (Å²) in [4.78, 5) is 0. The van der Waals surface area contributed by atoms with Crippen molar-refractivity contribution in [3.63, 3.8) is 0 Å². The lowest BCUT2D eigenvalue weighted by Crippen LogP contribution is -2.00. The molecule has 0 aliphatic rings. The molecule has 0 amide bonds. The first kappa shape index (κ1) is 10.3. The quantitative estimate of drug-likeness (QED) is 0.776. The Balaban J connectivity index is 2.60. The number of furan rings is 1. The lowest BCUT2D eigenvalue weighted by atomic mass is 10.0. The van der Waals surface area contributed by atoms with Crippen molar-refractivity contribution in [2.75, 3.05) is 0 Å². The normalized spacial score (nSPS) is 13.6. The number of hydrogen-bond donors (Lipinski definition) is 1. The van der Waals surface area contributed by atoms with Crippen molar-refractivity contribution in [2.45, 2.75) is 39.7 Å². The molecule has 1 aromatic rings. The van der Waals surface area contributed by atoms with Crippen molar-refractivity contribution < 1.29 is 9.52 Å². The van der Waals surface area contributed by atoms with Gasteiger partial charge in [-0.1, -0.05) is 20.8 Å².